The van der Waals surface area contributed by atoms with Crippen molar-refractivity contribution in [1.29, 1.82) is 0 Å². The van der Waals surface area contributed by atoms with Crippen molar-refractivity contribution in [2.24, 2.45) is 0 Å². The fraction of sp³-hybridized carbons (Fsp3) is 0.360. The summed E-state index contributed by atoms with van der Waals surface area (Å²) >= 11 is 1.69. The van der Waals surface area contributed by atoms with Crippen molar-refractivity contribution in [2.75, 3.05) is 12.8 Å². The van der Waals surface area contributed by atoms with Gasteiger partial charge in [0.25, 0.3) is 0 Å². The van der Waals surface area contributed by atoms with Crippen LogP contribution in [0, 0.1) is 0 Å². The van der Waals surface area contributed by atoms with E-state index in [1.807, 2.05) is 46.8 Å². The first-order valence-electron chi connectivity index (χ1n) is 9.74. The van der Waals surface area contributed by atoms with E-state index < -0.39 is 0 Å². The first kappa shape index (κ1) is 30.0. The predicted molar refractivity (Wildman–Crippen MR) is 131 cm³/mol. The summed E-state index contributed by atoms with van der Waals surface area (Å²) in [6.45, 7) is 22.0. The molecule has 1 aromatic rings. The Morgan fingerprint density at radius 2 is 1.52 bits per heavy atom. The standard InChI is InChI=1S/C11H14.C10H15NS.2C2H6/c1-5-8-10(4)11(7-3)9-6-2;1-12-11-9-5-8-10-6-3-2-4-7-10;2*1-2/h5-9H,1-3H2,4H3;2-4,6-7,11H,5,8-9H2,1H3;2*1-2H3/b10-8-,11-9+;;;. The van der Waals surface area contributed by atoms with Crippen LogP contribution in [0.4, 0.5) is 0 Å². The van der Waals surface area contributed by atoms with Gasteiger partial charge >= 0.3 is 0 Å². The lowest BCUT2D eigenvalue weighted by Crippen LogP contribution is -2.05. The molecule has 0 heterocycles. The minimum absolute atomic E-state index is 1.08. The highest BCUT2D eigenvalue weighted by Gasteiger charge is 1.90. The van der Waals surface area contributed by atoms with Crippen LogP contribution in [0.2, 0.25) is 0 Å². The Hall–Kier alpha value is -1.77. The summed E-state index contributed by atoms with van der Waals surface area (Å²) in [6, 6.07) is 10.6. The molecular weight excluding hydrogens is 346 g/mol. The number of allylic oxidation sites excluding steroid dienone is 7. The van der Waals surface area contributed by atoms with Crippen molar-refractivity contribution in [2.45, 2.75) is 47.5 Å². The van der Waals surface area contributed by atoms with Gasteiger partial charge in [0.2, 0.25) is 0 Å². The maximum absolute atomic E-state index is 3.69. The van der Waals surface area contributed by atoms with Crippen molar-refractivity contribution >= 4 is 11.9 Å². The molecule has 0 amide bonds. The monoisotopic (exact) mass is 387 g/mol. The van der Waals surface area contributed by atoms with Crippen LogP contribution in [-0.2, 0) is 6.42 Å². The number of benzene rings is 1. The SMILES string of the molecule is C=C/C=C(C)\C(C=C)=C\C=C.CC.CC.CSNCCCc1ccccc1. The van der Waals surface area contributed by atoms with Crippen LogP contribution < -0.4 is 4.72 Å². The molecular formula is C25H41NS. The van der Waals surface area contributed by atoms with E-state index in [9.17, 15) is 0 Å². The number of rotatable bonds is 9. The van der Waals surface area contributed by atoms with E-state index in [0.29, 0.717) is 0 Å². The molecule has 1 N–H and O–H groups in total. The third kappa shape index (κ3) is 20.4. The van der Waals surface area contributed by atoms with Crippen molar-refractivity contribution in [3.63, 3.8) is 0 Å². The zero-order chi connectivity index (χ0) is 21.3. The maximum Gasteiger partial charge on any atom is 0.00615 e. The minimum Gasteiger partial charge on any atom is -0.264 e. The van der Waals surface area contributed by atoms with Gasteiger partial charge in [0.15, 0.2) is 0 Å². The normalized spacial score (nSPS) is 10.0. The van der Waals surface area contributed by atoms with Gasteiger partial charge in [0.05, 0.1) is 0 Å². The second kappa shape index (κ2) is 26.5. The molecule has 2 heteroatoms. The molecule has 1 rings (SSSR count). The third-order valence-electron chi connectivity index (χ3n) is 3.07. The van der Waals surface area contributed by atoms with E-state index in [1.165, 1.54) is 18.4 Å². The summed E-state index contributed by atoms with van der Waals surface area (Å²) in [5.74, 6) is 0. The smallest absolute Gasteiger partial charge is 0.00615 e. The second-order valence-electron chi connectivity index (χ2n) is 4.83. The van der Waals surface area contributed by atoms with Crippen LogP contribution in [0.5, 0.6) is 0 Å². The van der Waals surface area contributed by atoms with Crippen LogP contribution in [0.25, 0.3) is 0 Å². The lowest BCUT2D eigenvalue weighted by Gasteiger charge is -2.00. The van der Waals surface area contributed by atoms with Crippen LogP contribution >= 0.6 is 11.9 Å². The van der Waals surface area contributed by atoms with Crippen molar-refractivity contribution in [3.8, 4) is 0 Å². The van der Waals surface area contributed by atoms with Gasteiger partial charge in [-0.15, -0.1) is 0 Å². The Kier molecular flexibility index (Phi) is 29.4. The average molecular weight is 388 g/mol. The first-order chi connectivity index (χ1) is 13.2. The van der Waals surface area contributed by atoms with Crippen molar-refractivity contribution in [1.82, 2.24) is 4.72 Å². The van der Waals surface area contributed by atoms with Crippen LogP contribution in [-0.4, -0.2) is 12.8 Å². The maximum atomic E-state index is 3.69. The number of hydrogen-bond donors (Lipinski definition) is 1. The molecule has 0 saturated carbocycles. The summed E-state index contributed by atoms with van der Waals surface area (Å²) in [5, 5.41) is 0. The van der Waals surface area contributed by atoms with Crippen LogP contribution in [0.3, 0.4) is 0 Å². The third-order valence-corrected chi connectivity index (χ3v) is 3.56. The summed E-state index contributed by atoms with van der Waals surface area (Å²) in [4.78, 5) is 0. The largest absolute Gasteiger partial charge is 0.264 e. The van der Waals surface area contributed by atoms with E-state index in [4.69, 9.17) is 0 Å². The van der Waals surface area contributed by atoms with Gasteiger partial charge in [-0.2, -0.15) is 0 Å². The van der Waals surface area contributed by atoms with E-state index in [1.54, 1.807) is 30.2 Å². The summed E-state index contributed by atoms with van der Waals surface area (Å²) in [7, 11) is 0. The summed E-state index contributed by atoms with van der Waals surface area (Å²) in [5.41, 5.74) is 3.66. The van der Waals surface area contributed by atoms with E-state index >= 15 is 0 Å². The molecule has 0 unspecified atom stereocenters. The molecule has 1 aromatic carbocycles. The molecule has 0 fully saturated rings. The highest BCUT2D eigenvalue weighted by atomic mass is 32.2. The number of nitrogens with one attached hydrogen (secondary N) is 1. The van der Waals surface area contributed by atoms with Gasteiger partial charge < -0.3 is 0 Å². The lowest BCUT2D eigenvalue weighted by atomic mass is 10.1. The molecule has 1 nitrogen and oxygen atoms in total. The Morgan fingerprint density at radius 1 is 0.963 bits per heavy atom. The van der Waals surface area contributed by atoms with Crippen LogP contribution in [0.15, 0.2) is 91.6 Å². The zero-order valence-electron chi connectivity index (χ0n) is 18.4. The fourth-order valence-corrected chi connectivity index (χ4v) is 2.22. The lowest BCUT2D eigenvalue weighted by molar-refractivity contribution is 0.799. The molecule has 0 aliphatic rings. The van der Waals surface area contributed by atoms with E-state index in [0.717, 1.165) is 17.7 Å². The molecule has 0 spiro atoms. The van der Waals surface area contributed by atoms with Gasteiger partial charge in [-0.1, -0.05) is 120 Å². The second-order valence-corrected chi connectivity index (χ2v) is 5.53. The molecule has 0 aliphatic carbocycles. The Morgan fingerprint density at radius 3 is 1.96 bits per heavy atom. The number of hydrogen-bond acceptors (Lipinski definition) is 2. The van der Waals surface area contributed by atoms with Crippen molar-refractivity contribution < 1.29 is 0 Å². The molecule has 0 saturated heterocycles. The highest BCUT2D eigenvalue weighted by Crippen LogP contribution is 2.09. The van der Waals surface area contributed by atoms with E-state index in [-0.39, 0.29) is 0 Å². The van der Waals surface area contributed by atoms with Crippen LogP contribution in [0.1, 0.15) is 46.6 Å². The topological polar surface area (TPSA) is 12.0 Å². The fourth-order valence-electron chi connectivity index (χ4n) is 1.87. The molecule has 152 valence electrons. The summed E-state index contributed by atoms with van der Waals surface area (Å²) in [6.07, 6.45) is 13.6. The quantitative estimate of drug-likeness (QED) is 0.262. The van der Waals surface area contributed by atoms with Gasteiger partial charge in [-0.3, -0.25) is 4.72 Å². The van der Waals surface area contributed by atoms with Crippen molar-refractivity contribution in [3.05, 3.63) is 97.2 Å². The Balaban J connectivity index is -0.000000361. The molecule has 0 aromatic heterocycles. The van der Waals surface area contributed by atoms with Gasteiger partial charge in [-0.05, 0) is 42.7 Å². The molecule has 27 heavy (non-hydrogen) atoms. The predicted octanol–water partition coefficient (Wildman–Crippen LogP) is 7.96. The summed E-state index contributed by atoms with van der Waals surface area (Å²) < 4.78 is 3.24. The van der Waals surface area contributed by atoms with Gasteiger partial charge in [0.1, 0.15) is 0 Å². The van der Waals surface area contributed by atoms with Gasteiger partial charge in [0, 0.05) is 6.54 Å². The molecule has 0 bridgehead atoms. The molecule has 0 aliphatic heterocycles. The highest BCUT2D eigenvalue weighted by molar-refractivity contribution is 7.96. The van der Waals surface area contributed by atoms with Gasteiger partial charge in [-0.25, -0.2) is 0 Å². The Labute approximate surface area is 174 Å². The zero-order valence-corrected chi connectivity index (χ0v) is 19.2. The van der Waals surface area contributed by atoms with E-state index in [2.05, 4.69) is 61.0 Å². The molecule has 0 radical (unpaired) electrons. The average Bonchev–Trinajstić information content (AvgIpc) is 2.74. The first-order valence-corrected chi connectivity index (χ1v) is 11.0. The molecule has 0 atom stereocenters. The minimum atomic E-state index is 1.08. The number of aryl methyl sites for hydroxylation is 1. The Bertz CT molecular complexity index is 512.